The number of nitrogens with two attached hydrogens (primary N) is 1. The molecule has 0 bridgehead atoms. The molecule has 1 aromatic carbocycles. The standard InChI is InChI=1S/C13H17NO2S/c1-17-11-8-6-10(7-9-11)4-2-3-5-12(14)13(15)16/h2,4,6-9,12H,3,5,14H2,1H3,(H,15,16)/b4-2+. The Kier molecular flexibility index (Phi) is 5.80. The number of hydrogen-bond donors (Lipinski definition) is 2. The Hall–Kier alpha value is -1.26. The van der Waals surface area contributed by atoms with Crippen LogP contribution in [0, 0.1) is 0 Å². The third-order valence-electron chi connectivity index (χ3n) is 2.39. The van der Waals surface area contributed by atoms with E-state index in [1.807, 2.05) is 30.5 Å². The SMILES string of the molecule is CSc1ccc(/C=C/CCC(N)C(=O)O)cc1. The van der Waals surface area contributed by atoms with Gasteiger partial charge in [-0.05, 0) is 36.8 Å². The van der Waals surface area contributed by atoms with Gasteiger partial charge in [-0.3, -0.25) is 4.79 Å². The predicted molar refractivity (Wildman–Crippen MR) is 72.1 cm³/mol. The fourth-order valence-electron chi connectivity index (χ4n) is 1.33. The predicted octanol–water partition coefficient (Wildman–Crippen LogP) is 2.61. The highest BCUT2D eigenvalue weighted by molar-refractivity contribution is 7.98. The van der Waals surface area contributed by atoms with Crippen LogP contribution in [0.25, 0.3) is 6.08 Å². The number of carboxylic acid groups (broad SMARTS) is 1. The van der Waals surface area contributed by atoms with Crippen LogP contribution in [0.2, 0.25) is 0 Å². The van der Waals surface area contributed by atoms with E-state index in [9.17, 15) is 4.79 Å². The van der Waals surface area contributed by atoms with Gasteiger partial charge in [-0.25, -0.2) is 0 Å². The highest BCUT2D eigenvalue weighted by atomic mass is 32.2. The summed E-state index contributed by atoms with van der Waals surface area (Å²) in [7, 11) is 0. The monoisotopic (exact) mass is 251 g/mol. The van der Waals surface area contributed by atoms with Gasteiger partial charge in [0.25, 0.3) is 0 Å². The average Bonchev–Trinajstić information content (AvgIpc) is 2.35. The molecule has 0 aromatic heterocycles. The number of benzene rings is 1. The lowest BCUT2D eigenvalue weighted by Gasteiger charge is -2.02. The molecule has 0 heterocycles. The molecule has 0 spiro atoms. The van der Waals surface area contributed by atoms with Crippen molar-refractivity contribution in [3.63, 3.8) is 0 Å². The largest absolute Gasteiger partial charge is 0.480 e. The average molecular weight is 251 g/mol. The number of thioether (sulfide) groups is 1. The molecule has 0 saturated heterocycles. The fraction of sp³-hybridized carbons (Fsp3) is 0.308. The maximum atomic E-state index is 10.5. The topological polar surface area (TPSA) is 63.3 Å². The zero-order valence-electron chi connectivity index (χ0n) is 9.80. The van der Waals surface area contributed by atoms with Gasteiger partial charge in [-0.1, -0.05) is 24.3 Å². The molecule has 3 N–H and O–H groups in total. The van der Waals surface area contributed by atoms with Gasteiger partial charge in [-0.2, -0.15) is 0 Å². The molecule has 1 unspecified atom stereocenters. The van der Waals surface area contributed by atoms with Crippen molar-refractivity contribution in [3.05, 3.63) is 35.9 Å². The molecular formula is C13H17NO2S. The summed E-state index contributed by atoms with van der Waals surface area (Å²) >= 11 is 1.71. The molecule has 0 amide bonds. The Morgan fingerprint density at radius 1 is 1.47 bits per heavy atom. The van der Waals surface area contributed by atoms with Gasteiger partial charge in [0, 0.05) is 4.90 Å². The second-order valence-corrected chi connectivity index (χ2v) is 4.58. The highest BCUT2D eigenvalue weighted by Crippen LogP contribution is 2.15. The van der Waals surface area contributed by atoms with E-state index in [0.717, 1.165) is 5.56 Å². The summed E-state index contributed by atoms with van der Waals surface area (Å²) in [6.07, 6.45) is 7.13. The maximum Gasteiger partial charge on any atom is 0.320 e. The Balaban J connectivity index is 2.40. The third-order valence-corrected chi connectivity index (χ3v) is 3.13. The van der Waals surface area contributed by atoms with Crippen molar-refractivity contribution < 1.29 is 9.90 Å². The van der Waals surface area contributed by atoms with Gasteiger partial charge in [0.05, 0.1) is 0 Å². The van der Waals surface area contributed by atoms with Crippen LogP contribution in [-0.4, -0.2) is 23.4 Å². The van der Waals surface area contributed by atoms with Crippen LogP contribution in [0.4, 0.5) is 0 Å². The van der Waals surface area contributed by atoms with E-state index in [2.05, 4.69) is 12.1 Å². The van der Waals surface area contributed by atoms with Crippen molar-refractivity contribution in [2.45, 2.75) is 23.8 Å². The van der Waals surface area contributed by atoms with Crippen LogP contribution in [0.1, 0.15) is 18.4 Å². The Morgan fingerprint density at radius 2 is 2.12 bits per heavy atom. The molecular weight excluding hydrogens is 234 g/mol. The first kappa shape index (κ1) is 13.8. The lowest BCUT2D eigenvalue weighted by Crippen LogP contribution is -2.29. The first-order valence-electron chi connectivity index (χ1n) is 5.42. The molecule has 92 valence electrons. The zero-order chi connectivity index (χ0) is 12.7. The van der Waals surface area contributed by atoms with Crippen LogP contribution >= 0.6 is 11.8 Å². The number of rotatable bonds is 6. The molecule has 1 aromatic rings. The molecule has 0 aliphatic heterocycles. The minimum atomic E-state index is -0.942. The minimum Gasteiger partial charge on any atom is -0.480 e. The molecule has 0 radical (unpaired) electrons. The van der Waals surface area contributed by atoms with Gasteiger partial charge < -0.3 is 10.8 Å². The van der Waals surface area contributed by atoms with Crippen molar-refractivity contribution in [2.75, 3.05) is 6.26 Å². The minimum absolute atomic E-state index is 0.467. The van der Waals surface area contributed by atoms with Gasteiger partial charge >= 0.3 is 5.97 Å². The van der Waals surface area contributed by atoms with Gasteiger partial charge in [0.15, 0.2) is 0 Å². The van der Waals surface area contributed by atoms with E-state index in [0.29, 0.717) is 12.8 Å². The van der Waals surface area contributed by atoms with E-state index in [4.69, 9.17) is 10.8 Å². The number of carbonyl (C=O) groups is 1. The van der Waals surface area contributed by atoms with E-state index < -0.39 is 12.0 Å². The van der Waals surface area contributed by atoms with Gasteiger partial charge in [0.2, 0.25) is 0 Å². The Morgan fingerprint density at radius 3 is 2.65 bits per heavy atom. The summed E-state index contributed by atoms with van der Waals surface area (Å²) in [5, 5.41) is 8.60. The molecule has 1 atom stereocenters. The highest BCUT2D eigenvalue weighted by Gasteiger charge is 2.08. The number of hydrogen-bond acceptors (Lipinski definition) is 3. The Labute approximate surface area is 106 Å². The second-order valence-electron chi connectivity index (χ2n) is 3.70. The molecule has 3 nitrogen and oxygen atoms in total. The van der Waals surface area contributed by atoms with Crippen molar-refractivity contribution >= 4 is 23.8 Å². The van der Waals surface area contributed by atoms with Crippen LogP contribution in [-0.2, 0) is 4.79 Å². The molecule has 4 heteroatoms. The van der Waals surface area contributed by atoms with Crippen LogP contribution in [0.15, 0.2) is 35.2 Å². The smallest absolute Gasteiger partial charge is 0.320 e. The lowest BCUT2D eigenvalue weighted by atomic mass is 10.1. The summed E-state index contributed by atoms with van der Waals surface area (Å²) in [4.78, 5) is 11.7. The summed E-state index contributed by atoms with van der Waals surface area (Å²) in [5.74, 6) is -0.942. The van der Waals surface area contributed by atoms with E-state index >= 15 is 0 Å². The van der Waals surface area contributed by atoms with Crippen LogP contribution in [0.3, 0.4) is 0 Å². The van der Waals surface area contributed by atoms with E-state index in [1.54, 1.807) is 11.8 Å². The van der Waals surface area contributed by atoms with Gasteiger partial charge in [0.1, 0.15) is 6.04 Å². The number of aliphatic carboxylic acids is 1. The van der Waals surface area contributed by atoms with Crippen molar-refractivity contribution in [1.82, 2.24) is 0 Å². The molecule has 0 aliphatic carbocycles. The van der Waals surface area contributed by atoms with Crippen molar-refractivity contribution in [1.29, 1.82) is 0 Å². The van der Waals surface area contributed by atoms with Crippen LogP contribution < -0.4 is 5.73 Å². The summed E-state index contributed by atoms with van der Waals surface area (Å²) in [5.41, 5.74) is 6.51. The van der Waals surface area contributed by atoms with Crippen molar-refractivity contribution in [2.24, 2.45) is 5.73 Å². The fourth-order valence-corrected chi connectivity index (χ4v) is 1.74. The molecule has 0 saturated carbocycles. The summed E-state index contributed by atoms with van der Waals surface area (Å²) in [6, 6.07) is 7.44. The molecule has 0 fully saturated rings. The quantitative estimate of drug-likeness (QED) is 0.763. The maximum absolute atomic E-state index is 10.5. The normalized spacial score (nSPS) is 12.8. The molecule has 17 heavy (non-hydrogen) atoms. The lowest BCUT2D eigenvalue weighted by molar-refractivity contribution is -0.138. The van der Waals surface area contributed by atoms with E-state index in [1.165, 1.54) is 4.90 Å². The van der Waals surface area contributed by atoms with Crippen molar-refractivity contribution in [3.8, 4) is 0 Å². The Bertz CT molecular complexity index is 387. The van der Waals surface area contributed by atoms with E-state index in [-0.39, 0.29) is 0 Å². The first-order valence-corrected chi connectivity index (χ1v) is 6.65. The second kappa shape index (κ2) is 7.14. The first-order chi connectivity index (χ1) is 8.13. The summed E-state index contributed by atoms with van der Waals surface area (Å²) in [6.45, 7) is 0. The molecule has 0 aliphatic rings. The van der Waals surface area contributed by atoms with Gasteiger partial charge in [-0.15, -0.1) is 11.8 Å². The number of allylic oxidation sites excluding steroid dienone is 1. The third kappa shape index (κ3) is 5.06. The number of carboxylic acids is 1. The summed E-state index contributed by atoms with van der Waals surface area (Å²) < 4.78 is 0. The van der Waals surface area contributed by atoms with Crippen LogP contribution in [0.5, 0.6) is 0 Å². The zero-order valence-corrected chi connectivity index (χ0v) is 10.6. The molecule has 1 rings (SSSR count).